The third-order valence-electron chi connectivity index (χ3n) is 7.14. The van der Waals surface area contributed by atoms with E-state index in [0.717, 1.165) is 10.3 Å². The van der Waals surface area contributed by atoms with Crippen molar-refractivity contribution in [1.82, 2.24) is 0 Å². The van der Waals surface area contributed by atoms with Crippen molar-refractivity contribution < 1.29 is 21.8 Å². The maximum atomic E-state index is 10.2. The molecule has 0 radical (unpaired) electrons. The second-order valence-electron chi connectivity index (χ2n) is 10.4. The van der Waals surface area contributed by atoms with Gasteiger partial charge in [0.15, 0.2) is 0 Å². The summed E-state index contributed by atoms with van der Waals surface area (Å²) in [5.41, 5.74) is 0.697. The molecule has 0 aliphatic rings. The average molecular weight is 772 g/mol. The third-order valence-corrected chi connectivity index (χ3v) is 13.7. The second-order valence-corrected chi connectivity index (χ2v) is 16.7. The van der Waals surface area contributed by atoms with Gasteiger partial charge in [0.25, 0.3) is 0 Å². The van der Waals surface area contributed by atoms with Gasteiger partial charge in [0, 0.05) is 0 Å². The van der Waals surface area contributed by atoms with Crippen LogP contribution >= 0.6 is 25.4 Å². The molecule has 0 aliphatic heterocycles. The molecule has 0 saturated carbocycles. The number of benzene rings is 7. The summed E-state index contributed by atoms with van der Waals surface area (Å²) in [6, 6.07) is 71.9. The van der Waals surface area contributed by atoms with E-state index in [0.29, 0.717) is 5.56 Å². The van der Waals surface area contributed by atoms with Crippen molar-refractivity contribution in [3.05, 3.63) is 212 Å². The van der Waals surface area contributed by atoms with Crippen LogP contribution in [0.4, 0.5) is 0 Å². The Hall–Kier alpha value is -3.98. The van der Waals surface area contributed by atoms with Gasteiger partial charge in [-0.05, 0) is 47.7 Å². The molecule has 0 fully saturated rings. The van der Waals surface area contributed by atoms with Crippen LogP contribution in [0.15, 0.2) is 206 Å². The zero-order chi connectivity index (χ0) is 33.2. The number of hydrogen-bond donors (Lipinski definition) is 0. The number of carbonyl (C=O) groups excluding carboxylic acids is 1. The van der Waals surface area contributed by atoms with Gasteiger partial charge >= 0.3 is 71.4 Å². The second kappa shape index (κ2) is 19.7. The summed E-state index contributed by atoms with van der Waals surface area (Å²) in [5, 5.41) is 8.39. The van der Waals surface area contributed by atoms with Crippen molar-refractivity contribution in [2.75, 3.05) is 0 Å². The van der Waals surface area contributed by atoms with Crippen LogP contribution in [0.1, 0.15) is 10.4 Å². The van der Waals surface area contributed by atoms with Gasteiger partial charge in [-0.15, -0.1) is 0 Å². The molecule has 0 aromatic heterocycles. The van der Waals surface area contributed by atoms with Crippen molar-refractivity contribution in [2.24, 2.45) is 0 Å². The van der Waals surface area contributed by atoms with Crippen molar-refractivity contribution >= 4 is 67.5 Å². The molecule has 7 aromatic rings. The van der Waals surface area contributed by atoms with Crippen LogP contribution in [0, 0.1) is 0 Å². The standard InChI is InChI=1S/2C18H15P.C7H5O.ClH.Pd/c2*1-4-10-16(11-5-1)19(17-12-6-2-7-13-17)18-14-8-3-9-15-18;8-6-7-4-2-1-3-5-7;;/h2*1-15H;2-6H;1H;/q;;;;+1/p-1. The van der Waals surface area contributed by atoms with Crippen molar-refractivity contribution in [3.63, 3.8) is 0 Å². The Labute approximate surface area is 299 Å². The molecule has 0 N–H and O–H groups in total. The predicted molar refractivity (Wildman–Crippen MR) is 208 cm³/mol. The molecule has 0 aliphatic carbocycles. The molecule has 1 nitrogen and oxygen atoms in total. The molecule has 5 heteroatoms. The SMILES string of the molecule is O=Cc1cc[c]([Pd][Cl])cc1.c1ccc(P(c2ccccc2)c2ccccc2)cc1.c1ccc(P(c2ccccc2)c2ccccc2)cc1. The fourth-order valence-electron chi connectivity index (χ4n) is 4.93. The Balaban J connectivity index is 0.000000148. The van der Waals surface area contributed by atoms with E-state index in [1.807, 2.05) is 12.1 Å². The molecule has 0 saturated heterocycles. The number of hydrogen-bond acceptors (Lipinski definition) is 1. The normalized spacial score (nSPS) is 10.4. The summed E-state index contributed by atoms with van der Waals surface area (Å²) in [6.07, 6.45) is 0.823. The van der Waals surface area contributed by atoms with E-state index in [-0.39, 0.29) is 17.0 Å². The Morgan fingerprint density at radius 3 is 0.771 bits per heavy atom. The molecule has 0 bridgehead atoms. The molecule has 0 atom stereocenters. The molecule has 0 heterocycles. The molecular formula is C43H35ClOP2Pd. The summed E-state index contributed by atoms with van der Waals surface area (Å²) in [4.78, 5) is 10.2. The maximum Gasteiger partial charge on any atom is -0.0134 e. The predicted octanol–water partition coefficient (Wildman–Crippen LogP) is 8.25. The minimum atomic E-state index is -0.446. The molecule has 0 unspecified atom stereocenters. The van der Waals surface area contributed by atoms with Crippen LogP contribution < -0.4 is 35.9 Å². The number of halogens is 1. The number of aldehydes is 1. The van der Waals surface area contributed by atoms with E-state index in [4.69, 9.17) is 9.53 Å². The van der Waals surface area contributed by atoms with Gasteiger partial charge in [-0.2, -0.15) is 0 Å². The topological polar surface area (TPSA) is 17.1 Å². The fourth-order valence-corrected chi connectivity index (χ4v) is 10.5. The minimum Gasteiger partial charge on any atom is -0.0622 e. The van der Waals surface area contributed by atoms with E-state index in [9.17, 15) is 4.79 Å². The first-order valence-corrected chi connectivity index (χ1v) is 20.9. The van der Waals surface area contributed by atoms with Gasteiger partial charge in [0.1, 0.15) is 0 Å². The Morgan fingerprint density at radius 2 is 0.583 bits per heavy atom. The van der Waals surface area contributed by atoms with E-state index in [1.54, 1.807) is 12.1 Å². The average Bonchev–Trinajstić information content (AvgIpc) is 3.18. The first kappa shape index (κ1) is 35.3. The van der Waals surface area contributed by atoms with Crippen molar-refractivity contribution in [1.29, 1.82) is 0 Å². The third kappa shape index (κ3) is 10.5. The van der Waals surface area contributed by atoms with Gasteiger partial charge in [0.2, 0.25) is 0 Å². The van der Waals surface area contributed by atoms with Crippen LogP contribution in [0.2, 0.25) is 0 Å². The van der Waals surface area contributed by atoms with Gasteiger partial charge in [-0.1, -0.05) is 182 Å². The van der Waals surface area contributed by atoms with Gasteiger partial charge < -0.3 is 0 Å². The molecule has 240 valence electrons. The quantitative estimate of drug-likeness (QED) is 0.0865. The molecule has 7 aromatic carbocycles. The molecule has 48 heavy (non-hydrogen) atoms. The van der Waals surface area contributed by atoms with Gasteiger partial charge in [-0.3, -0.25) is 0 Å². The van der Waals surface area contributed by atoms with Crippen molar-refractivity contribution in [2.45, 2.75) is 0 Å². The zero-order valence-corrected chi connectivity index (χ0v) is 30.3. The van der Waals surface area contributed by atoms with Gasteiger partial charge in [-0.25, -0.2) is 0 Å². The van der Waals surface area contributed by atoms with E-state index < -0.39 is 15.8 Å². The van der Waals surface area contributed by atoms with E-state index in [1.165, 1.54) is 31.8 Å². The minimum absolute atomic E-state index is 0.112. The van der Waals surface area contributed by atoms with Crippen LogP contribution in [-0.2, 0) is 17.0 Å². The molecule has 7 rings (SSSR count). The number of rotatable bonds is 8. The van der Waals surface area contributed by atoms with Crippen LogP contribution in [0.25, 0.3) is 0 Å². The summed E-state index contributed by atoms with van der Waals surface area (Å²) >= 11 is 0.112. The fraction of sp³-hybridized carbons (Fsp3) is 0. The Morgan fingerprint density at radius 1 is 0.354 bits per heavy atom. The summed E-state index contributed by atoms with van der Waals surface area (Å²) in [7, 11) is 4.69. The smallest absolute Gasteiger partial charge is 0.0134 e. The largest absolute Gasteiger partial charge is 0.0622 e. The van der Waals surface area contributed by atoms with Crippen molar-refractivity contribution in [3.8, 4) is 0 Å². The monoisotopic (exact) mass is 770 g/mol. The Bertz CT molecular complexity index is 1590. The first-order valence-electron chi connectivity index (χ1n) is 15.4. The van der Waals surface area contributed by atoms with Crippen LogP contribution in [-0.4, -0.2) is 6.29 Å². The maximum absolute atomic E-state index is 10.2. The van der Waals surface area contributed by atoms with Crippen LogP contribution in [0.3, 0.4) is 0 Å². The Kier molecular flexibility index (Phi) is 14.5. The molecule has 0 amide bonds. The zero-order valence-electron chi connectivity index (χ0n) is 26.2. The molecular weight excluding hydrogens is 736 g/mol. The number of carbonyl (C=O) groups is 1. The van der Waals surface area contributed by atoms with Gasteiger partial charge in [0.05, 0.1) is 0 Å². The summed E-state index contributed by atoms with van der Waals surface area (Å²) in [6.45, 7) is 0. The van der Waals surface area contributed by atoms with E-state index >= 15 is 0 Å². The van der Waals surface area contributed by atoms with E-state index in [2.05, 4.69) is 182 Å². The van der Waals surface area contributed by atoms with Crippen LogP contribution in [0.5, 0.6) is 0 Å². The summed E-state index contributed by atoms with van der Waals surface area (Å²) in [5.74, 6) is 0. The first-order chi connectivity index (χ1) is 23.8. The molecule has 0 spiro atoms. The summed E-state index contributed by atoms with van der Waals surface area (Å²) < 4.78 is 1.08.